The molecule has 3 nitrogen and oxygen atoms in total. The molecule has 1 aromatic heterocycles. The van der Waals surface area contributed by atoms with Crippen molar-refractivity contribution in [2.24, 2.45) is 5.92 Å². The summed E-state index contributed by atoms with van der Waals surface area (Å²) in [5.74, 6) is 0.598. The molecule has 1 heterocycles. The molecular formula is C12H17BrN2O. The summed E-state index contributed by atoms with van der Waals surface area (Å²) in [4.78, 5) is 14.9. The Morgan fingerprint density at radius 3 is 2.88 bits per heavy atom. The van der Waals surface area contributed by atoms with Crippen molar-refractivity contribution in [3.05, 3.63) is 22.4 Å². The Morgan fingerprint density at radius 2 is 2.25 bits per heavy atom. The van der Waals surface area contributed by atoms with Gasteiger partial charge in [0.2, 0.25) is 0 Å². The zero-order chi connectivity index (χ0) is 11.5. The van der Waals surface area contributed by atoms with Gasteiger partial charge in [-0.15, -0.1) is 0 Å². The molecule has 1 aromatic rings. The summed E-state index contributed by atoms with van der Waals surface area (Å²) in [5.41, 5.74) is 0.629. The predicted octanol–water partition coefficient (Wildman–Crippen LogP) is 3.09. The molecule has 2 atom stereocenters. The van der Waals surface area contributed by atoms with E-state index >= 15 is 0 Å². The third-order valence-corrected chi connectivity index (χ3v) is 3.78. The second-order valence-corrected chi connectivity index (χ2v) is 5.49. The molecule has 0 spiro atoms. The molecule has 1 saturated carbocycles. The molecule has 1 fully saturated rings. The van der Waals surface area contributed by atoms with Crippen LogP contribution < -0.4 is 5.32 Å². The van der Waals surface area contributed by atoms with E-state index in [4.69, 9.17) is 0 Å². The van der Waals surface area contributed by atoms with Gasteiger partial charge >= 0.3 is 0 Å². The number of carbonyl (C=O) groups excluding carboxylic acids is 1. The highest BCUT2D eigenvalue weighted by atomic mass is 79.9. The minimum Gasteiger partial charge on any atom is -0.356 e. The van der Waals surface area contributed by atoms with Gasteiger partial charge in [0.1, 0.15) is 5.69 Å². The highest BCUT2D eigenvalue weighted by Crippen LogP contribution is 2.24. The van der Waals surface area contributed by atoms with Crippen LogP contribution >= 0.6 is 15.9 Å². The van der Waals surface area contributed by atoms with E-state index in [0.717, 1.165) is 10.9 Å². The molecule has 2 unspecified atom stereocenters. The standard InChI is InChI=1S/C12H17BrN2O/c1-8-4-2-3-5-10(8)15-12(16)11-6-9(13)7-14-11/h6-8,10,14H,2-5H2,1H3,(H,15,16). The summed E-state index contributed by atoms with van der Waals surface area (Å²) < 4.78 is 0.911. The number of carbonyl (C=O) groups is 1. The van der Waals surface area contributed by atoms with E-state index < -0.39 is 0 Å². The number of aromatic amines is 1. The Kier molecular flexibility index (Phi) is 3.69. The number of rotatable bonds is 2. The number of hydrogen-bond acceptors (Lipinski definition) is 1. The molecule has 1 aliphatic carbocycles. The SMILES string of the molecule is CC1CCCCC1NC(=O)c1cc(Br)c[nH]1. The van der Waals surface area contributed by atoms with Gasteiger partial charge in [-0.2, -0.15) is 0 Å². The fraction of sp³-hybridized carbons (Fsp3) is 0.583. The molecule has 2 N–H and O–H groups in total. The first kappa shape index (κ1) is 11.7. The van der Waals surface area contributed by atoms with E-state index in [-0.39, 0.29) is 5.91 Å². The lowest BCUT2D eigenvalue weighted by atomic mass is 9.86. The number of nitrogens with one attached hydrogen (secondary N) is 2. The third-order valence-electron chi connectivity index (χ3n) is 3.32. The lowest BCUT2D eigenvalue weighted by molar-refractivity contribution is 0.0906. The summed E-state index contributed by atoms with van der Waals surface area (Å²) in [5, 5.41) is 3.11. The first-order valence-corrected chi connectivity index (χ1v) is 6.61. The van der Waals surface area contributed by atoms with Gasteiger partial charge in [-0.25, -0.2) is 0 Å². The predicted molar refractivity (Wildman–Crippen MR) is 67.4 cm³/mol. The molecule has 0 saturated heterocycles. The molecule has 2 rings (SSSR count). The highest BCUT2D eigenvalue weighted by molar-refractivity contribution is 9.10. The van der Waals surface area contributed by atoms with Crippen molar-refractivity contribution in [3.63, 3.8) is 0 Å². The summed E-state index contributed by atoms with van der Waals surface area (Å²) in [6, 6.07) is 2.14. The highest BCUT2D eigenvalue weighted by Gasteiger charge is 2.23. The van der Waals surface area contributed by atoms with Crippen LogP contribution in [0.15, 0.2) is 16.7 Å². The molecule has 1 aliphatic rings. The van der Waals surface area contributed by atoms with Crippen LogP contribution in [-0.2, 0) is 0 Å². The fourth-order valence-corrected chi connectivity index (χ4v) is 2.62. The maximum atomic E-state index is 11.9. The minimum absolute atomic E-state index is 0.00412. The zero-order valence-electron chi connectivity index (χ0n) is 9.42. The van der Waals surface area contributed by atoms with Crippen molar-refractivity contribution in [1.29, 1.82) is 0 Å². The van der Waals surface area contributed by atoms with Gasteiger partial charge in [0.05, 0.1) is 0 Å². The second-order valence-electron chi connectivity index (χ2n) is 4.57. The number of amides is 1. The average Bonchev–Trinajstić information content (AvgIpc) is 2.68. The molecular weight excluding hydrogens is 268 g/mol. The van der Waals surface area contributed by atoms with Gasteiger partial charge in [-0.05, 0) is 40.8 Å². The molecule has 4 heteroatoms. The number of H-pyrrole nitrogens is 1. The van der Waals surface area contributed by atoms with E-state index in [2.05, 4.69) is 33.2 Å². The molecule has 0 aliphatic heterocycles. The lowest BCUT2D eigenvalue weighted by Gasteiger charge is -2.29. The monoisotopic (exact) mass is 284 g/mol. The normalized spacial score (nSPS) is 25.4. The van der Waals surface area contributed by atoms with Gasteiger partial charge in [0.15, 0.2) is 0 Å². The van der Waals surface area contributed by atoms with Crippen LogP contribution in [0, 0.1) is 5.92 Å². The van der Waals surface area contributed by atoms with Crippen molar-refractivity contribution < 1.29 is 4.79 Å². The lowest BCUT2D eigenvalue weighted by Crippen LogP contribution is -2.41. The van der Waals surface area contributed by atoms with E-state index in [1.165, 1.54) is 19.3 Å². The molecule has 0 radical (unpaired) electrons. The van der Waals surface area contributed by atoms with Crippen molar-refractivity contribution in [3.8, 4) is 0 Å². The molecule has 88 valence electrons. The maximum absolute atomic E-state index is 11.9. The quantitative estimate of drug-likeness (QED) is 0.861. The Morgan fingerprint density at radius 1 is 1.50 bits per heavy atom. The van der Waals surface area contributed by atoms with E-state index in [9.17, 15) is 4.79 Å². The Labute approximate surface area is 104 Å². The number of hydrogen-bond donors (Lipinski definition) is 2. The number of halogens is 1. The van der Waals surface area contributed by atoms with E-state index in [0.29, 0.717) is 17.7 Å². The molecule has 1 amide bonds. The van der Waals surface area contributed by atoms with Crippen LogP contribution in [0.5, 0.6) is 0 Å². The largest absolute Gasteiger partial charge is 0.356 e. The van der Waals surface area contributed by atoms with Gasteiger partial charge in [-0.1, -0.05) is 19.8 Å². The van der Waals surface area contributed by atoms with Gasteiger partial charge in [-0.3, -0.25) is 4.79 Å². The zero-order valence-corrected chi connectivity index (χ0v) is 11.0. The van der Waals surface area contributed by atoms with Gasteiger partial charge < -0.3 is 10.3 Å². The molecule has 16 heavy (non-hydrogen) atoms. The number of aromatic nitrogens is 1. The Bertz CT molecular complexity index is 375. The summed E-state index contributed by atoms with van der Waals surface area (Å²) >= 11 is 3.33. The van der Waals surface area contributed by atoms with Gasteiger partial charge in [0.25, 0.3) is 5.91 Å². The average molecular weight is 285 g/mol. The third kappa shape index (κ3) is 2.67. The smallest absolute Gasteiger partial charge is 0.267 e. The van der Waals surface area contributed by atoms with Gasteiger partial charge in [0, 0.05) is 16.7 Å². The van der Waals surface area contributed by atoms with Crippen molar-refractivity contribution in [2.45, 2.75) is 38.6 Å². The summed E-state index contributed by atoms with van der Waals surface area (Å²) in [7, 11) is 0. The first-order valence-electron chi connectivity index (χ1n) is 5.81. The van der Waals surface area contributed by atoms with Crippen LogP contribution in [0.4, 0.5) is 0 Å². The minimum atomic E-state index is 0.00412. The summed E-state index contributed by atoms with van der Waals surface area (Å²) in [6.07, 6.45) is 6.62. The topological polar surface area (TPSA) is 44.9 Å². The van der Waals surface area contributed by atoms with Crippen LogP contribution in [0.1, 0.15) is 43.1 Å². The van der Waals surface area contributed by atoms with E-state index in [1.54, 1.807) is 6.20 Å². The summed E-state index contributed by atoms with van der Waals surface area (Å²) in [6.45, 7) is 2.22. The van der Waals surface area contributed by atoms with Crippen molar-refractivity contribution >= 4 is 21.8 Å². The van der Waals surface area contributed by atoms with Crippen molar-refractivity contribution in [1.82, 2.24) is 10.3 Å². The fourth-order valence-electron chi connectivity index (χ4n) is 2.28. The van der Waals surface area contributed by atoms with E-state index in [1.807, 2.05) is 6.07 Å². The molecule has 0 bridgehead atoms. The Balaban J connectivity index is 1.96. The Hall–Kier alpha value is -0.770. The van der Waals surface area contributed by atoms with Crippen molar-refractivity contribution in [2.75, 3.05) is 0 Å². The van der Waals surface area contributed by atoms with Crippen LogP contribution in [0.25, 0.3) is 0 Å². The molecule has 0 aromatic carbocycles. The second kappa shape index (κ2) is 5.04. The maximum Gasteiger partial charge on any atom is 0.267 e. The van der Waals surface area contributed by atoms with Crippen LogP contribution in [0.3, 0.4) is 0 Å². The van der Waals surface area contributed by atoms with Crippen LogP contribution in [0.2, 0.25) is 0 Å². The van der Waals surface area contributed by atoms with Crippen LogP contribution in [-0.4, -0.2) is 16.9 Å². The first-order chi connectivity index (χ1) is 7.66.